The first kappa shape index (κ1) is 13.6. The molecule has 1 aliphatic heterocycles. The van der Waals surface area contributed by atoms with E-state index in [4.69, 9.17) is 11.6 Å². The van der Waals surface area contributed by atoms with Crippen LogP contribution >= 0.6 is 11.6 Å². The Labute approximate surface area is 114 Å². The van der Waals surface area contributed by atoms with Crippen LogP contribution in [0.5, 0.6) is 0 Å². The first-order valence-corrected chi connectivity index (χ1v) is 5.95. The Morgan fingerprint density at radius 2 is 2.21 bits per heavy atom. The predicted molar refractivity (Wildman–Crippen MR) is 70.0 cm³/mol. The number of nitrogens with one attached hydrogen (secondary N) is 1. The molecule has 5 nitrogen and oxygen atoms in total. The monoisotopic (exact) mass is 281 g/mol. The SMILES string of the molecule is CC(=O)/C=C(/O)C[C@]1(O)C(=O)Nc2cccc(Cl)c21. The minimum absolute atomic E-state index is 0.213. The van der Waals surface area contributed by atoms with Gasteiger partial charge in [-0.2, -0.15) is 0 Å². The molecule has 0 saturated carbocycles. The molecular weight excluding hydrogens is 270 g/mol. The topological polar surface area (TPSA) is 86.6 Å². The maximum Gasteiger partial charge on any atom is 0.261 e. The molecule has 0 fully saturated rings. The number of fused-ring (bicyclic) bond motifs is 1. The Hall–Kier alpha value is -1.85. The van der Waals surface area contributed by atoms with E-state index in [9.17, 15) is 19.8 Å². The summed E-state index contributed by atoms with van der Waals surface area (Å²) < 4.78 is 0. The summed E-state index contributed by atoms with van der Waals surface area (Å²) in [5, 5.41) is 22.8. The zero-order chi connectivity index (χ0) is 14.2. The van der Waals surface area contributed by atoms with Crippen LogP contribution in [0.2, 0.25) is 5.02 Å². The minimum Gasteiger partial charge on any atom is -0.512 e. The van der Waals surface area contributed by atoms with E-state index in [1.54, 1.807) is 12.1 Å². The molecule has 0 unspecified atom stereocenters. The smallest absolute Gasteiger partial charge is 0.261 e. The molecular formula is C13H12ClNO4. The summed E-state index contributed by atoms with van der Waals surface area (Å²) in [5.74, 6) is -1.43. The van der Waals surface area contributed by atoms with Gasteiger partial charge >= 0.3 is 0 Å². The van der Waals surface area contributed by atoms with Crippen molar-refractivity contribution < 1.29 is 19.8 Å². The second-order valence-corrected chi connectivity index (χ2v) is 4.81. The molecule has 0 aliphatic carbocycles. The minimum atomic E-state index is -1.97. The number of allylic oxidation sites excluding steroid dienone is 1. The Kier molecular flexibility index (Phi) is 3.34. The highest BCUT2D eigenvalue weighted by Gasteiger charge is 2.47. The highest BCUT2D eigenvalue weighted by molar-refractivity contribution is 6.33. The van der Waals surface area contributed by atoms with Crippen LogP contribution in [0.25, 0.3) is 0 Å². The third-order valence-corrected chi connectivity index (χ3v) is 3.17. The van der Waals surface area contributed by atoms with Crippen molar-refractivity contribution in [3.05, 3.63) is 40.6 Å². The fourth-order valence-electron chi connectivity index (χ4n) is 2.10. The number of benzene rings is 1. The second kappa shape index (κ2) is 4.68. The van der Waals surface area contributed by atoms with Crippen molar-refractivity contribution in [3.8, 4) is 0 Å². The molecule has 0 spiro atoms. The molecule has 1 aromatic rings. The number of aliphatic hydroxyl groups excluding tert-OH is 1. The number of rotatable bonds is 3. The van der Waals surface area contributed by atoms with Crippen molar-refractivity contribution in [1.82, 2.24) is 0 Å². The van der Waals surface area contributed by atoms with Gasteiger partial charge in [0.1, 0.15) is 0 Å². The van der Waals surface area contributed by atoms with E-state index in [-0.39, 0.29) is 22.1 Å². The molecule has 0 saturated heterocycles. The van der Waals surface area contributed by atoms with Crippen LogP contribution < -0.4 is 5.32 Å². The average Bonchev–Trinajstić information content (AvgIpc) is 2.50. The molecule has 1 amide bonds. The molecule has 3 N–H and O–H groups in total. The number of amides is 1. The zero-order valence-electron chi connectivity index (χ0n) is 10.1. The van der Waals surface area contributed by atoms with Gasteiger partial charge in [-0.1, -0.05) is 17.7 Å². The number of anilines is 1. The van der Waals surface area contributed by atoms with Crippen LogP contribution in [0.1, 0.15) is 18.9 Å². The normalized spacial score (nSPS) is 22.1. The van der Waals surface area contributed by atoms with Gasteiger partial charge in [0.05, 0.1) is 5.76 Å². The lowest BCUT2D eigenvalue weighted by Crippen LogP contribution is -2.34. The second-order valence-electron chi connectivity index (χ2n) is 4.40. The average molecular weight is 282 g/mol. The number of carbonyl (C=O) groups excluding carboxylic acids is 2. The highest BCUT2D eigenvalue weighted by Crippen LogP contribution is 2.43. The maximum absolute atomic E-state index is 11.9. The third-order valence-electron chi connectivity index (χ3n) is 2.86. The van der Waals surface area contributed by atoms with Gasteiger partial charge in [0.2, 0.25) is 0 Å². The number of aliphatic hydroxyl groups is 2. The number of hydrogen-bond acceptors (Lipinski definition) is 4. The van der Waals surface area contributed by atoms with Crippen molar-refractivity contribution in [3.63, 3.8) is 0 Å². The van der Waals surface area contributed by atoms with Gasteiger partial charge in [0.15, 0.2) is 11.4 Å². The van der Waals surface area contributed by atoms with E-state index in [0.29, 0.717) is 5.69 Å². The van der Waals surface area contributed by atoms with Crippen molar-refractivity contribution in [1.29, 1.82) is 0 Å². The number of hydrogen-bond donors (Lipinski definition) is 3. The number of halogens is 1. The summed E-state index contributed by atoms with van der Waals surface area (Å²) in [5.41, 5.74) is -1.36. The Balaban J connectivity index is 2.45. The lowest BCUT2D eigenvalue weighted by molar-refractivity contribution is -0.134. The number of carbonyl (C=O) groups is 2. The summed E-state index contributed by atoms with van der Waals surface area (Å²) in [4.78, 5) is 22.8. The maximum atomic E-state index is 11.9. The summed E-state index contributed by atoms with van der Waals surface area (Å²) in [6, 6.07) is 4.78. The van der Waals surface area contributed by atoms with Crippen LogP contribution in [0.3, 0.4) is 0 Å². The lowest BCUT2D eigenvalue weighted by Gasteiger charge is -2.21. The lowest BCUT2D eigenvalue weighted by atomic mass is 9.90. The van der Waals surface area contributed by atoms with Crippen molar-refractivity contribution in [2.45, 2.75) is 18.9 Å². The Morgan fingerprint density at radius 3 is 2.84 bits per heavy atom. The summed E-state index contributed by atoms with van der Waals surface area (Å²) in [6.45, 7) is 1.26. The van der Waals surface area contributed by atoms with Gasteiger partial charge < -0.3 is 15.5 Å². The fraction of sp³-hybridized carbons (Fsp3) is 0.231. The predicted octanol–water partition coefficient (Wildman–Crippen LogP) is 1.90. The van der Waals surface area contributed by atoms with Gasteiger partial charge in [0.25, 0.3) is 5.91 Å². The summed E-state index contributed by atoms with van der Waals surface area (Å²) in [6.07, 6.45) is 0.551. The van der Waals surface area contributed by atoms with Gasteiger partial charge in [-0.05, 0) is 19.1 Å². The summed E-state index contributed by atoms with van der Waals surface area (Å²) in [7, 11) is 0. The molecule has 1 heterocycles. The molecule has 2 rings (SSSR count). The van der Waals surface area contributed by atoms with Crippen LogP contribution in [-0.2, 0) is 15.2 Å². The summed E-state index contributed by atoms with van der Waals surface area (Å²) >= 11 is 5.99. The van der Waals surface area contributed by atoms with E-state index in [0.717, 1.165) is 6.08 Å². The standard InChI is InChI=1S/C13H12ClNO4/c1-7(16)5-8(17)6-13(19)11-9(14)3-2-4-10(11)15-12(13)18/h2-5,17,19H,6H2,1H3,(H,15,18)/b8-5+/t13-/m1/s1. The van der Waals surface area contributed by atoms with Crippen molar-refractivity contribution in [2.75, 3.05) is 5.32 Å². The Morgan fingerprint density at radius 1 is 1.53 bits per heavy atom. The highest BCUT2D eigenvalue weighted by atomic mass is 35.5. The molecule has 19 heavy (non-hydrogen) atoms. The third kappa shape index (κ3) is 2.34. The molecule has 6 heteroatoms. The molecule has 1 aromatic carbocycles. The van der Waals surface area contributed by atoms with E-state index in [2.05, 4.69) is 5.32 Å². The van der Waals surface area contributed by atoms with Crippen LogP contribution in [0.15, 0.2) is 30.0 Å². The molecule has 1 atom stereocenters. The quantitative estimate of drug-likeness (QED) is 0.583. The molecule has 0 bridgehead atoms. The Bertz CT molecular complexity index is 596. The van der Waals surface area contributed by atoms with Gasteiger partial charge in [-0.3, -0.25) is 9.59 Å². The molecule has 100 valence electrons. The fourth-order valence-corrected chi connectivity index (χ4v) is 2.44. The molecule has 1 aliphatic rings. The molecule has 0 aromatic heterocycles. The van der Waals surface area contributed by atoms with E-state index < -0.39 is 17.9 Å². The van der Waals surface area contributed by atoms with E-state index in [1.165, 1.54) is 13.0 Å². The molecule has 0 radical (unpaired) electrons. The van der Waals surface area contributed by atoms with Gasteiger partial charge in [-0.25, -0.2) is 0 Å². The van der Waals surface area contributed by atoms with Crippen molar-refractivity contribution in [2.24, 2.45) is 0 Å². The van der Waals surface area contributed by atoms with Crippen LogP contribution in [-0.4, -0.2) is 21.9 Å². The largest absolute Gasteiger partial charge is 0.512 e. The van der Waals surface area contributed by atoms with E-state index >= 15 is 0 Å². The van der Waals surface area contributed by atoms with Crippen LogP contribution in [0.4, 0.5) is 5.69 Å². The first-order chi connectivity index (χ1) is 8.84. The zero-order valence-corrected chi connectivity index (χ0v) is 10.9. The van der Waals surface area contributed by atoms with Gasteiger partial charge in [-0.15, -0.1) is 0 Å². The van der Waals surface area contributed by atoms with Gasteiger partial charge in [0, 0.05) is 28.8 Å². The van der Waals surface area contributed by atoms with Crippen molar-refractivity contribution >= 4 is 29.0 Å². The number of ketones is 1. The first-order valence-electron chi connectivity index (χ1n) is 5.57. The van der Waals surface area contributed by atoms with Crippen LogP contribution in [0, 0.1) is 0 Å². The van der Waals surface area contributed by atoms with E-state index in [1.807, 2.05) is 0 Å².